The summed E-state index contributed by atoms with van der Waals surface area (Å²) in [5, 5.41) is 7.27. The van der Waals surface area contributed by atoms with Gasteiger partial charge in [0, 0.05) is 6.54 Å². The fourth-order valence-electron chi connectivity index (χ4n) is 2.66. The maximum absolute atomic E-state index is 12.1. The number of anilines is 1. The summed E-state index contributed by atoms with van der Waals surface area (Å²) >= 11 is 0. The number of nitrogens with one attached hydrogen (secondary N) is 3. The molecule has 5 heteroatoms. The van der Waals surface area contributed by atoms with Crippen LogP contribution in [0.5, 0.6) is 0 Å². The molecular weight excluding hydrogens is 252 g/mol. The molecule has 1 aromatic heterocycles. The van der Waals surface area contributed by atoms with E-state index in [9.17, 15) is 4.79 Å². The SMILES string of the molecule is Cc1ccc2nc(NCC3CCNCC3)[nH]c(=O)c2c1. The third-order valence-electron chi connectivity index (χ3n) is 3.88. The number of rotatable bonds is 3. The highest BCUT2D eigenvalue weighted by molar-refractivity contribution is 5.79. The highest BCUT2D eigenvalue weighted by atomic mass is 16.1. The number of hydrogen-bond donors (Lipinski definition) is 3. The van der Waals surface area contributed by atoms with Crippen molar-refractivity contribution in [3.05, 3.63) is 34.1 Å². The molecule has 3 rings (SSSR count). The van der Waals surface area contributed by atoms with Crippen LogP contribution in [0.4, 0.5) is 5.95 Å². The zero-order chi connectivity index (χ0) is 13.9. The van der Waals surface area contributed by atoms with E-state index in [0.29, 0.717) is 17.3 Å². The van der Waals surface area contributed by atoms with Crippen LogP contribution in [0.1, 0.15) is 18.4 Å². The summed E-state index contributed by atoms with van der Waals surface area (Å²) < 4.78 is 0. The first kappa shape index (κ1) is 13.1. The topological polar surface area (TPSA) is 69.8 Å². The van der Waals surface area contributed by atoms with Crippen LogP contribution in [0.3, 0.4) is 0 Å². The van der Waals surface area contributed by atoms with Crippen molar-refractivity contribution in [1.82, 2.24) is 15.3 Å². The van der Waals surface area contributed by atoms with Crippen molar-refractivity contribution in [3.8, 4) is 0 Å². The van der Waals surface area contributed by atoms with Crippen molar-refractivity contribution in [3.63, 3.8) is 0 Å². The third-order valence-corrected chi connectivity index (χ3v) is 3.88. The summed E-state index contributed by atoms with van der Waals surface area (Å²) in [5.41, 5.74) is 1.74. The van der Waals surface area contributed by atoms with Gasteiger partial charge < -0.3 is 10.6 Å². The highest BCUT2D eigenvalue weighted by Gasteiger charge is 2.13. The van der Waals surface area contributed by atoms with Gasteiger partial charge in [-0.05, 0) is 50.9 Å². The number of fused-ring (bicyclic) bond motifs is 1. The molecule has 1 aromatic carbocycles. The van der Waals surface area contributed by atoms with Crippen LogP contribution in [-0.2, 0) is 0 Å². The first-order valence-corrected chi connectivity index (χ1v) is 7.17. The molecule has 1 aliphatic heterocycles. The minimum Gasteiger partial charge on any atom is -0.355 e. The van der Waals surface area contributed by atoms with Gasteiger partial charge in [-0.3, -0.25) is 9.78 Å². The van der Waals surface area contributed by atoms with Crippen molar-refractivity contribution in [2.45, 2.75) is 19.8 Å². The maximum Gasteiger partial charge on any atom is 0.260 e. The molecule has 0 atom stereocenters. The van der Waals surface area contributed by atoms with Crippen molar-refractivity contribution >= 4 is 16.9 Å². The van der Waals surface area contributed by atoms with E-state index in [-0.39, 0.29) is 5.56 Å². The molecular formula is C15H20N4O. The summed E-state index contributed by atoms with van der Waals surface area (Å²) in [5.74, 6) is 1.22. The molecule has 3 N–H and O–H groups in total. The lowest BCUT2D eigenvalue weighted by Gasteiger charge is -2.22. The fraction of sp³-hybridized carbons (Fsp3) is 0.467. The molecule has 0 bridgehead atoms. The number of benzene rings is 1. The molecule has 2 aromatic rings. The van der Waals surface area contributed by atoms with Gasteiger partial charge in [0.25, 0.3) is 5.56 Å². The Morgan fingerprint density at radius 3 is 2.95 bits per heavy atom. The number of hydrogen-bond acceptors (Lipinski definition) is 4. The Labute approximate surface area is 117 Å². The Morgan fingerprint density at radius 2 is 2.15 bits per heavy atom. The second-order valence-electron chi connectivity index (χ2n) is 5.51. The summed E-state index contributed by atoms with van der Waals surface area (Å²) in [6.45, 7) is 4.99. The van der Waals surface area contributed by atoms with Gasteiger partial charge in [0.15, 0.2) is 0 Å². The molecule has 106 valence electrons. The van der Waals surface area contributed by atoms with E-state index in [2.05, 4.69) is 20.6 Å². The highest BCUT2D eigenvalue weighted by Crippen LogP contribution is 2.14. The summed E-state index contributed by atoms with van der Waals surface area (Å²) in [4.78, 5) is 19.4. The van der Waals surface area contributed by atoms with Crippen LogP contribution in [0, 0.1) is 12.8 Å². The molecule has 0 radical (unpaired) electrons. The first-order chi connectivity index (χ1) is 9.72. The Balaban J connectivity index is 1.78. The van der Waals surface area contributed by atoms with E-state index >= 15 is 0 Å². The molecule has 0 saturated carbocycles. The quantitative estimate of drug-likeness (QED) is 0.794. The van der Waals surface area contributed by atoms with Crippen LogP contribution < -0.4 is 16.2 Å². The Hall–Kier alpha value is -1.88. The van der Waals surface area contributed by atoms with Crippen LogP contribution in [-0.4, -0.2) is 29.6 Å². The van der Waals surface area contributed by atoms with E-state index < -0.39 is 0 Å². The van der Waals surface area contributed by atoms with Gasteiger partial charge in [-0.15, -0.1) is 0 Å². The van der Waals surface area contributed by atoms with E-state index in [1.807, 2.05) is 25.1 Å². The Morgan fingerprint density at radius 1 is 1.35 bits per heavy atom. The standard InChI is InChI=1S/C15H20N4O/c1-10-2-3-13-12(8-10)14(20)19-15(18-13)17-9-11-4-6-16-7-5-11/h2-3,8,11,16H,4-7,9H2,1H3,(H2,17,18,19,20). The number of nitrogens with zero attached hydrogens (tertiary/aromatic N) is 1. The van der Waals surface area contributed by atoms with Gasteiger partial charge in [0.05, 0.1) is 10.9 Å². The summed E-state index contributed by atoms with van der Waals surface area (Å²) in [7, 11) is 0. The molecule has 1 aliphatic rings. The third kappa shape index (κ3) is 2.82. The molecule has 2 heterocycles. The predicted molar refractivity (Wildman–Crippen MR) is 81.2 cm³/mol. The van der Waals surface area contributed by atoms with Gasteiger partial charge in [-0.2, -0.15) is 0 Å². The van der Waals surface area contributed by atoms with Crippen LogP contribution in [0.25, 0.3) is 10.9 Å². The lowest BCUT2D eigenvalue weighted by atomic mass is 9.98. The molecule has 5 nitrogen and oxygen atoms in total. The first-order valence-electron chi connectivity index (χ1n) is 7.17. The Bertz CT molecular complexity index is 658. The number of H-pyrrole nitrogens is 1. The number of aromatic amines is 1. The number of aryl methyl sites for hydroxylation is 1. The smallest absolute Gasteiger partial charge is 0.260 e. The molecule has 1 saturated heterocycles. The van der Waals surface area contributed by atoms with Gasteiger partial charge in [0.2, 0.25) is 5.95 Å². The van der Waals surface area contributed by atoms with Crippen molar-refractivity contribution in [2.24, 2.45) is 5.92 Å². The fourth-order valence-corrected chi connectivity index (χ4v) is 2.66. The van der Waals surface area contributed by atoms with Crippen molar-refractivity contribution in [2.75, 3.05) is 25.0 Å². The molecule has 0 amide bonds. The lowest BCUT2D eigenvalue weighted by molar-refractivity contribution is 0.389. The normalized spacial score (nSPS) is 16.4. The zero-order valence-electron chi connectivity index (χ0n) is 11.7. The molecule has 0 aliphatic carbocycles. The average molecular weight is 272 g/mol. The molecule has 0 unspecified atom stereocenters. The monoisotopic (exact) mass is 272 g/mol. The van der Waals surface area contributed by atoms with E-state index in [4.69, 9.17) is 0 Å². The van der Waals surface area contributed by atoms with Gasteiger partial charge in [0.1, 0.15) is 0 Å². The largest absolute Gasteiger partial charge is 0.355 e. The zero-order valence-corrected chi connectivity index (χ0v) is 11.7. The average Bonchev–Trinajstić information content (AvgIpc) is 2.47. The van der Waals surface area contributed by atoms with Gasteiger partial charge >= 0.3 is 0 Å². The molecule has 20 heavy (non-hydrogen) atoms. The van der Waals surface area contributed by atoms with Crippen LogP contribution in [0.2, 0.25) is 0 Å². The Kier molecular flexibility index (Phi) is 3.69. The molecule has 1 fully saturated rings. The number of piperidine rings is 1. The second kappa shape index (κ2) is 5.63. The van der Waals surface area contributed by atoms with Crippen molar-refractivity contribution in [1.29, 1.82) is 0 Å². The van der Waals surface area contributed by atoms with Crippen LogP contribution in [0.15, 0.2) is 23.0 Å². The molecule has 0 spiro atoms. The van der Waals surface area contributed by atoms with E-state index in [0.717, 1.165) is 30.7 Å². The van der Waals surface area contributed by atoms with E-state index in [1.165, 1.54) is 12.8 Å². The minimum atomic E-state index is -0.0773. The van der Waals surface area contributed by atoms with Crippen molar-refractivity contribution < 1.29 is 0 Å². The number of aromatic nitrogens is 2. The predicted octanol–water partition coefficient (Wildman–Crippen LogP) is 1.64. The van der Waals surface area contributed by atoms with Gasteiger partial charge in [-0.25, -0.2) is 4.98 Å². The summed E-state index contributed by atoms with van der Waals surface area (Å²) in [6, 6.07) is 5.75. The van der Waals surface area contributed by atoms with Crippen LogP contribution >= 0.6 is 0 Å². The minimum absolute atomic E-state index is 0.0773. The van der Waals surface area contributed by atoms with Gasteiger partial charge in [-0.1, -0.05) is 11.6 Å². The summed E-state index contributed by atoms with van der Waals surface area (Å²) in [6.07, 6.45) is 2.34. The maximum atomic E-state index is 12.1. The van der Waals surface area contributed by atoms with E-state index in [1.54, 1.807) is 0 Å². The lowest BCUT2D eigenvalue weighted by Crippen LogP contribution is -2.31. The second-order valence-corrected chi connectivity index (χ2v) is 5.51.